The van der Waals surface area contributed by atoms with E-state index >= 15 is 0 Å². The van der Waals surface area contributed by atoms with Crippen LogP contribution < -0.4 is 5.32 Å². The molecule has 0 aromatic carbocycles. The van der Waals surface area contributed by atoms with E-state index in [1.807, 2.05) is 20.8 Å². The van der Waals surface area contributed by atoms with E-state index in [-0.39, 0.29) is 24.0 Å². The summed E-state index contributed by atoms with van der Waals surface area (Å²) in [5, 5.41) is 22.6. The molecule has 0 saturated carbocycles. The first kappa shape index (κ1) is 22.6. The minimum atomic E-state index is -1.43. The van der Waals surface area contributed by atoms with Gasteiger partial charge < -0.3 is 15.5 Å². The zero-order valence-corrected chi connectivity index (χ0v) is 16.5. The van der Waals surface area contributed by atoms with Gasteiger partial charge in [-0.2, -0.15) is 0 Å². The van der Waals surface area contributed by atoms with Crippen molar-refractivity contribution in [3.05, 3.63) is 45.8 Å². The van der Waals surface area contributed by atoms with Gasteiger partial charge in [-0.1, -0.05) is 23.3 Å². The molecule has 0 radical (unpaired) electrons. The zero-order valence-electron chi connectivity index (χ0n) is 16.5. The molecule has 0 heterocycles. The van der Waals surface area contributed by atoms with Crippen LogP contribution in [0.1, 0.15) is 52.9 Å². The lowest BCUT2D eigenvalue weighted by Crippen LogP contribution is -2.28. The highest BCUT2D eigenvalue weighted by Crippen LogP contribution is 2.29. The number of aliphatic hydroxyl groups is 1. The van der Waals surface area contributed by atoms with Crippen LogP contribution in [0.3, 0.4) is 0 Å². The Labute approximate surface area is 160 Å². The van der Waals surface area contributed by atoms with E-state index in [4.69, 9.17) is 0 Å². The highest BCUT2D eigenvalue weighted by Gasteiger charge is 2.37. The molecule has 0 amide bonds. The number of Topliss-reactive ketones (excluding diaryl/α,β-unsaturated/α-hetero) is 2. The predicted molar refractivity (Wildman–Crippen MR) is 105 cm³/mol. The third kappa shape index (κ3) is 6.32. The summed E-state index contributed by atoms with van der Waals surface area (Å²) in [6.07, 6.45) is 6.18. The van der Waals surface area contributed by atoms with Crippen molar-refractivity contribution >= 4 is 17.5 Å². The van der Waals surface area contributed by atoms with Gasteiger partial charge in [0.15, 0.2) is 5.76 Å². The van der Waals surface area contributed by atoms with Crippen molar-refractivity contribution in [3.8, 4) is 0 Å². The number of hydrogen-bond acceptors (Lipinski definition) is 5. The van der Waals surface area contributed by atoms with Crippen LogP contribution in [0.5, 0.6) is 0 Å². The van der Waals surface area contributed by atoms with Crippen LogP contribution in [-0.2, 0) is 14.4 Å². The average Bonchev–Trinajstić information content (AvgIpc) is 2.58. The van der Waals surface area contributed by atoms with Gasteiger partial charge in [-0.15, -0.1) is 0 Å². The van der Waals surface area contributed by atoms with E-state index < -0.39 is 28.9 Å². The summed E-state index contributed by atoms with van der Waals surface area (Å²) in [4.78, 5) is 36.6. The number of carbonyl (C=O) groups is 3. The highest BCUT2D eigenvalue weighted by atomic mass is 16.4. The fourth-order valence-electron chi connectivity index (χ4n) is 2.85. The van der Waals surface area contributed by atoms with Gasteiger partial charge in [0, 0.05) is 11.1 Å². The van der Waals surface area contributed by atoms with Gasteiger partial charge in [-0.3, -0.25) is 9.59 Å². The second kappa shape index (κ2) is 10.6. The number of carboxylic acid groups (broad SMARTS) is 1. The van der Waals surface area contributed by atoms with E-state index in [1.54, 1.807) is 13.1 Å². The molecule has 0 atom stereocenters. The molecule has 3 N–H and O–H groups in total. The molecule has 0 saturated heterocycles. The molecule has 0 aromatic rings. The smallest absolute Gasteiger partial charge is 0.340 e. The largest absolute Gasteiger partial charge is 0.504 e. The van der Waals surface area contributed by atoms with Crippen molar-refractivity contribution in [3.63, 3.8) is 0 Å². The van der Waals surface area contributed by atoms with Crippen LogP contribution in [0.4, 0.5) is 0 Å². The minimum Gasteiger partial charge on any atom is -0.504 e. The Bertz CT molecular complexity index is 734. The Hall–Kier alpha value is -2.47. The lowest BCUT2D eigenvalue weighted by atomic mass is 9.84. The van der Waals surface area contributed by atoms with E-state index in [0.717, 1.165) is 18.4 Å². The molecule has 0 aromatic heterocycles. The van der Waals surface area contributed by atoms with Gasteiger partial charge in [0.1, 0.15) is 5.57 Å². The summed E-state index contributed by atoms with van der Waals surface area (Å²) in [5.74, 6) is -3.58. The van der Waals surface area contributed by atoms with Crippen LogP contribution in [0.25, 0.3) is 0 Å². The Morgan fingerprint density at radius 3 is 2.30 bits per heavy atom. The number of ketones is 2. The second-order valence-electron chi connectivity index (χ2n) is 6.93. The highest BCUT2D eigenvalue weighted by molar-refractivity contribution is 6.33. The molecule has 0 unspecified atom stereocenters. The number of carboxylic acids is 1. The molecule has 27 heavy (non-hydrogen) atoms. The maximum Gasteiger partial charge on any atom is 0.340 e. The topological polar surface area (TPSA) is 104 Å². The number of allylic oxidation sites excluding steroid dienone is 6. The second-order valence-corrected chi connectivity index (χ2v) is 6.93. The lowest BCUT2D eigenvalue weighted by Gasteiger charge is -2.18. The first-order valence-corrected chi connectivity index (χ1v) is 9.12. The third-order valence-corrected chi connectivity index (χ3v) is 4.39. The quantitative estimate of drug-likeness (QED) is 0.234. The van der Waals surface area contributed by atoms with E-state index in [2.05, 4.69) is 11.4 Å². The minimum absolute atomic E-state index is 0.0393. The van der Waals surface area contributed by atoms with E-state index in [1.165, 1.54) is 5.57 Å². The Morgan fingerprint density at radius 1 is 1.07 bits per heavy atom. The number of nitrogens with one attached hydrogen (secondary N) is 1. The summed E-state index contributed by atoms with van der Waals surface area (Å²) < 4.78 is 0. The number of aliphatic hydroxyl groups excluding tert-OH is 1. The van der Waals surface area contributed by atoms with Crippen LogP contribution in [0, 0.1) is 0 Å². The van der Waals surface area contributed by atoms with E-state index in [0.29, 0.717) is 13.0 Å². The Morgan fingerprint density at radius 2 is 1.74 bits per heavy atom. The molecule has 0 spiro atoms. The molecule has 0 bridgehead atoms. The van der Waals surface area contributed by atoms with Gasteiger partial charge in [0.25, 0.3) is 0 Å². The standard InChI is InChI=1S/C21H29NO5/c1-13(2)7-5-8-14(3)10-11-16-18(23)17(21(26)27)15(9-6-12-22-4)19(24)20(16)25/h7,10,22,25H,5-6,8-9,11-12H2,1-4H3,(H,26,27)/b14-10+. The summed E-state index contributed by atoms with van der Waals surface area (Å²) in [6.45, 7) is 6.51. The monoisotopic (exact) mass is 375 g/mol. The molecular formula is C21H29NO5. The van der Waals surface area contributed by atoms with Crippen LogP contribution in [0.2, 0.25) is 0 Å². The number of rotatable bonds is 10. The fraction of sp³-hybridized carbons (Fsp3) is 0.476. The number of aliphatic carboxylic acids is 1. The van der Waals surface area contributed by atoms with Gasteiger partial charge in [-0.25, -0.2) is 4.79 Å². The summed E-state index contributed by atoms with van der Waals surface area (Å²) in [6, 6.07) is 0. The Kier molecular flexibility index (Phi) is 8.88. The van der Waals surface area contributed by atoms with Gasteiger partial charge >= 0.3 is 5.97 Å². The van der Waals surface area contributed by atoms with E-state index in [9.17, 15) is 24.6 Å². The third-order valence-electron chi connectivity index (χ3n) is 4.39. The number of hydrogen-bond donors (Lipinski definition) is 3. The van der Waals surface area contributed by atoms with Crippen molar-refractivity contribution in [1.29, 1.82) is 0 Å². The summed E-state index contributed by atoms with van der Waals surface area (Å²) in [7, 11) is 1.74. The predicted octanol–water partition coefficient (Wildman–Crippen LogP) is 3.41. The zero-order chi connectivity index (χ0) is 20.6. The SMILES string of the molecule is CNCCCC1=C(C(=O)O)C(=O)C(C/C=C(\C)CCC=C(C)C)=C(O)C1=O. The van der Waals surface area contributed by atoms with Crippen LogP contribution in [-0.4, -0.2) is 41.3 Å². The normalized spacial score (nSPS) is 15.5. The maximum atomic E-state index is 12.6. The summed E-state index contributed by atoms with van der Waals surface area (Å²) >= 11 is 0. The van der Waals surface area contributed by atoms with Crippen LogP contribution in [0.15, 0.2) is 45.8 Å². The molecule has 148 valence electrons. The lowest BCUT2D eigenvalue weighted by molar-refractivity contribution is -0.135. The van der Waals surface area contributed by atoms with Crippen molar-refractivity contribution in [1.82, 2.24) is 5.32 Å². The van der Waals surface area contributed by atoms with Gasteiger partial charge in [0.2, 0.25) is 11.6 Å². The van der Waals surface area contributed by atoms with Crippen molar-refractivity contribution in [2.24, 2.45) is 0 Å². The molecule has 1 rings (SSSR count). The molecule has 6 heteroatoms. The fourth-order valence-corrected chi connectivity index (χ4v) is 2.85. The molecule has 1 aliphatic rings. The summed E-state index contributed by atoms with van der Waals surface area (Å²) in [5.41, 5.74) is 1.45. The van der Waals surface area contributed by atoms with Crippen molar-refractivity contribution < 1.29 is 24.6 Å². The average molecular weight is 375 g/mol. The Balaban J connectivity index is 3.03. The molecule has 0 fully saturated rings. The molecular weight excluding hydrogens is 346 g/mol. The molecule has 6 nitrogen and oxygen atoms in total. The first-order valence-electron chi connectivity index (χ1n) is 9.12. The van der Waals surface area contributed by atoms with Gasteiger partial charge in [0.05, 0.1) is 0 Å². The van der Waals surface area contributed by atoms with Crippen LogP contribution >= 0.6 is 0 Å². The first-order chi connectivity index (χ1) is 12.7. The maximum absolute atomic E-state index is 12.6. The van der Waals surface area contributed by atoms with Crippen molar-refractivity contribution in [2.45, 2.75) is 52.9 Å². The number of carbonyl (C=O) groups excluding carboxylic acids is 2. The van der Waals surface area contributed by atoms with Crippen molar-refractivity contribution in [2.75, 3.05) is 13.6 Å². The molecule has 0 aliphatic heterocycles. The molecule has 1 aliphatic carbocycles. The van der Waals surface area contributed by atoms with Gasteiger partial charge in [-0.05, 0) is 66.5 Å².